The maximum Gasteiger partial charge on any atom is 0.194 e. The highest BCUT2D eigenvalue weighted by Crippen LogP contribution is 2.36. The third-order valence-electron chi connectivity index (χ3n) is 3.73. The van der Waals surface area contributed by atoms with Crippen molar-refractivity contribution in [2.45, 2.75) is 58.2 Å². The Bertz CT molecular complexity index is 442. The van der Waals surface area contributed by atoms with Gasteiger partial charge in [0.25, 0.3) is 0 Å². The summed E-state index contributed by atoms with van der Waals surface area (Å²) >= 11 is 0. The summed E-state index contributed by atoms with van der Waals surface area (Å²) in [4.78, 5) is 12.7. The molecule has 1 aliphatic rings. The molecule has 0 aromatic heterocycles. The topological polar surface area (TPSA) is 35.5 Å². The summed E-state index contributed by atoms with van der Waals surface area (Å²) < 4.78 is 11.4. The highest BCUT2D eigenvalue weighted by molar-refractivity contribution is 6.02. The number of carbonyl (C=O) groups excluding carboxylic acids is 1. The van der Waals surface area contributed by atoms with Crippen LogP contribution in [0.25, 0.3) is 0 Å². The smallest absolute Gasteiger partial charge is 0.194 e. The van der Waals surface area contributed by atoms with Gasteiger partial charge in [-0.05, 0) is 70.7 Å². The lowest BCUT2D eigenvalue weighted by Crippen LogP contribution is -2.38. The third kappa shape index (κ3) is 3.21. The van der Waals surface area contributed by atoms with Crippen LogP contribution < -0.4 is 4.74 Å². The monoisotopic (exact) mass is 276 g/mol. The predicted octanol–water partition coefficient (Wildman–Crippen LogP) is 4.01. The van der Waals surface area contributed by atoms with Gasteiger partial charge in [-0.2, -0.15) is 0 Å². The Morgan fingerprint density at radius 1 is 1.20 bits per heavy atom. The van der Waals surface area contributed by atoms with Crippen LogP contribution in [-0.4, -0.2) is 24.1 Å². The Kier molecular flexibility index (Phi) is 4.81. The standard InChI is InChI=1S/C17H24O3/c1-4-19-17(11-5-6-12-17)16(18)14-7-9-15(10-8-14)20-13(2)3/h7-10,13H,4-6,11-12H2,1-3H3. The highest BCUT2D eigenvalue weighted by atomic mass is 16.5. The lowest BCUT2D eigenvalue weighted by Gasteiger charge is -2.27. The summed E-state index contributed by atoms with van der Waals surface area (Å²) in [6.45, 7) is 6.51. The number of carbonyl (C=O) groups is 1. The number of ketones is 1. The average Bonchev–Trinajstić information content (AvgIpc) is 2.88. The van der Waals surface area contributed by atoms with Gasteiger partial charge in [-0.1, -0.05) is 0 Å². The first-order valence-electron chi connectivity index (χ1n) is 7.53. The maximum absolute atomic E-state index is 12.7. The summed E-state index contributed by atoms with van der Waals surface area (Å²) in [7, 11) is 0. The first kappa shape index (κ1) is 15.0. The SMILES string of the molecule is CCOC1(C(=O)c2ccc(OC(C)C)cc2)CCCC1. The molecule has 1 fully saturated rings. The van der Waals surface area contributed by atoms with Crippen molar-refractivity contribution < 1.29 is 14.3 Å². The Morgan fingerprint density at radius 3 is 2.30 bits per heavy atom. The van der Waals surface area contributed by atoms with Crippen LogP contribution in [-0.2, 0) is 4.74 Å². The maximum atomic E-state index is 12.7. The van der Waals surface area contributed by atoms with Crippen LogP contribution in [0.15, 0.2) is 24.3 Å². The molecule has 0 amide bonds. The summed E-state index contributed by atoms with van der Waals surface area (Å²) in [6.07, 6.45) is 3.95. The van der Waals surface area contributed by atoms with Crippen LogP contribution in [0.2, 0.25) is 0 Å². The molecular weight excluding hydrogens is 252 g/mol. The number of hydrogen-bond acceptors (Lipinski definition) is 3. The van der Waals surface area contributed by atoms with Gasteiger partial charge in [-0.3, -0.25) is 4.79 Å². The zero-order chi connectivity index (χ0) is 14.6. The van der Waals surface area contributed by atoms with E-state index in [1.807, 2.05) is 45.0 Å². The molecule has 1 aliphatic carbocycles. The second-order valence-electron chi connectivity index (χ2n) is 5.65. The van der Waals surface area contributed by atoms with E-state index < -0.39 is 5.60 Å². The molecule has 0 radical (unpaired) electrons. The van der Waals surface area contributed by atoms with E-state index in [4.69, 9.17) is 9.47 Å². The molecule has 0 unspecified atom stereocenters. The highest BCUT2D eigenvalue weighted by Gasteiger charge is 2.42. The average molecular weight is 276 g/mol. The molecule has 3 nitrogen and oxygen atoms in total. The molecule has 0 heterocycles. The molecule has 0 N–H and O–H groups in total. The molecule has 3 heteroatoms. The van der Waals surface area contributed by atoms with E-state index in [1.54, 1.807) is 0 Å². The first-order chi connectivity index (χ1) is 9.57. The van der Waals surface area contributed by atoms with Crippen molar-refractivity contribution in [1.82, 2.24) is 0 Å². The Labute approximate surface area is 121 Å². The number of Topliss-reactive ketones (excluding diaryl/α,β-unsaturated/α-hetero) is 1. The van der Waals surface area contributed by atoms with Gasteiger partial charge in [0.1, 0.15) is 11.4 Å². The van der Waals surface area contributed by atoms with Gasteiger partial charge in [-0.15, -0.1) is 0 Å². The Morgan fingerprint density at radius 2 is 1.80 bits per heavy atom. The predicted molar refractivity (Wildman–Crippen MR) is 79.4 cm³/mol. The molecule has 20 heavy (non-hydrogen) atoms. The van der Waals surface area contributed by atoms with Crippen LogP contribution in [0.5, 0.6) is 5.75 Å². The number of ether oxygens (including phenoxy) is 2. The van der Waals surface area contributed by atoms with E-state index in [0.29, 0.717) is 6.61 Å². The molecule has 0 bridgehead atoms. The Hall–Kier alpha value is -1.35. The fourth-order valence-electron chi connectivity index (χ4n) is 2.88. The van der Waals surface area contributed by atoms with Crippen molar-refractivity contribution in [1.29, 1.82) is 0 Å². The lowest BCUT2D eigenvalue weighted by molar-refractivity contribution is -0.0163. The second-order valence-corrected chi connectivity index (χ2v) is 5.65. The molecule has 110 valence electrons. The van der Waals surface area contributed by atoms with Gasteiger partial charge >= 0.3 is 0 Å². The number of hydrogen-bond donors (Lipinski definition) is 0. The van der Waals surface area contributed by atoms with E-state index in [1.165, 1.54) is 0 Å². The quantitative estimate of drug-likeness (QED) is 0.736. The fraction of sp³-hybridized carbons (Fsp3) is 0.588. The van der Waals surface area contributed by atoms with Crippen LogP contribution in [0.3, 0.4) is 0 Å². The molecule has 0 spiro atoms. The van der Waals surface area contributed by atoms with Gasteiger partial charge in [-0.25, -0.2) is 0 Å². The molecule has 0 saturated heterocycles. The van der Waals surface area contributed by atoms with Gasteiger partial charge in [0, 0.05) is 12.2 Å². The summed E-state index contributed by atoms with van der Waals surface area (Å²) in [5.74, 6) is 0.918. The van der Waals surface area contributed by atoms with Gasteiger partial charge in [0.2, 0.25) is 0 Å². The largest absolute Gasteiger partial charge is 0.491 e. The molecular formula is C17H24O3. The lowest BCUT2D eigenvalue weighted by atomic mass is 9.91. The fourth-order valence-corrected chi connectivity index (χ4v) is 2.88. The van der Waals surface area contributed by atoms with E-state index in [0.717, 1.165) is 37.0 Å². The van der Waals surface area contributed by atoms with Crippen molar-refractivity contribution in [2.24, 2.45) is 0 Å². The summed E-state index contributed by atoms with van der Waals surface area (Å²) in [5, 5.41) is 0. The minimum absolute atomic E-state index is 0.118. The molecule has 0 aliphatic heterocycles. The second kappa shape index (κ2) is 6.40. The Balaban J connectivity index is 2.15. The molecule has 0 atom stereocenters. The van der Waals surface area contributed by atoms with Crippen LogP contribution >= 0.6 is 0 Å². The van der Waals surface area contributed by atoms with Gasteiger partial charge in [0.05, 0.1) is 6.10 Å². The summed E-state index contributed by atoms with van der Waals surface area (Å²) in [6, 6.07) is 7.42. The van der Waals surface area contributed by atoms with E-state index >= 15 is 0 Å². The van der Waals surface area contributed by atoms with E-state index in [-0.39, 0.29) is 11.9 Å². The van der Waals surface area contributed by atoms with Crippen molar-refractivity contribution in [2.75, 3.05) is 6.61 Å². The minimum atomic E-state index is -0.588. The number of rotatable bonds is 6. The van der Waals surface area contributed by atoms with E-state index in [2.05, 4.69) is 0 Å². The van der Waals surface area contributed by atoms with Crippen LogP contribution in [0.4, 0.5) is 0 Å². The van der Waals surface area contributed by atoms with Crippen molar-refractivity contribution in [3.05, 3.63) is 29.8 Å². The summed E-state index contributed by atoms with van der Waals surface area (Å²) in [5.41, 5.74) is 0.131. The zero-order valence-electron chi connectivity index (χ0n) is 12.6. The first-order valence-corrected chi connectivity index (χ1v) is 7.53. The zero-order valence-corrected chi connectivity index (χ0v) is 12.6. The minimum Gasteiger partial charge on any atom is -0.491 e. The molecule has 1 saturated carbocycles. The van der Waals surface area contributed by atoms with Crippen LogP contribution in [0, 0.1) is 0 Å². The van der Waals surface area contributed by atoms with Crippen molar-refractivity contribution in [3.8, 4) is 5.75 Å². The third-order valence-corrected chi connectivity index (χ3v) is 3.73. The van der Waals surface area contributed by atoms with Crippen molar-refractivity contribution >= 4 is 5.78 Å². The van der Waals surface area contributed by atoms with Gasteiger partial charge in [0.15, 0.2) is 5.78 Å². The van der Waals surface area contributed by atoms with Crippen molar-refractivity contribution in [3.63, 3.8) is 0 Å². The molecule has 1 aromatic carbocycles. The van der Waals surface area contributed by atoms with E-state index in [9.17, 15) is 4.79 Å². The molecule has 1 aromatic rings. The normalized spacial score (nSPS) is 17.4. The number of benzene rings is 1. The molecule has 2 rings (SSSR count). The van der Waals surface area contributed by atoms with Crippen LogP contribution in [0.1, 0.15) is 56.8 Å². The van der Waals surface area contributed by atoms with Gasteiger partial charge < -0.3 is 9.47 Å².